The lowest BCUT2D eigenvalue weighted by Crippen LogP contribution is -1.91. The molecule has 0 amide bonds. The Morgan fingerprint density at radius 1 is 1.06 bits per heavy atom. The molecule has 0 fully saturated rings. The van der Waals surface area contributed by atoms with Crippen LogP contribution in [0.3, 0.4) is 0 Å². The van der Waals surface area contributed by atoms with E-state index in [2.05, 4.69) is 28.2 Å². The maximum Gasteiger partial charge on any atom is 0.0744 e. The zero-order valence-electron chi connectivity index (χ0n) is 9.36. The van der Waals surface area contributed by atoms with E-state index in [1.54, 1.807) is 0 Å². The first-order chi connectivity index (χ1) is 7.75. The van der Waals surface area contributed by atoms with Gasteiger partial charge < -0.3 is 0 Å². The number of fused-ring (bicyclic) bond motifs is 3. The van der Waals surface area contributed by atoms with Gasteiger partial charge in [-0.2, -0.15) is 0 Å². The fraction of sp³-hybridized carbons (Fsp3) is 0.143. The topological polar surface area (TPSA) is 25.8 Å². The Morgan fingerprint density at radius 2 is 1.88 bits per heavy atom. The summed E-state index contributed by atoms with van der Waals surface area (Å²) in [5.74, 6) is 0. The molecule has 16 heavy (non-hydrogen) atoms. The van der Waals surface area contributed by atoms with E-state index in [9.17, 15) is 0 Å². The number of hydrogen-bond acceptors (Lipinski definition) is 2. The summed E-state index contributed by atoms with van der Waals surface area (Å²) in [7, 11) is 0. The fourth-order valence-corrected chi connectivity index (χ4v) is 2.22. The SMILES string of the molecule is Cc1cc2ncc3ccccc3c2c(C)n1. The van der Waals surface area contributed by atoms with E-state index >= 15 is 0 Å². The van der Waals surface area contributed by atoms with Gasteiger partial charge in [-0.15, -0.1) is 0 Å². The van der Waals surface area contributed by atoms with Crippen molar-refractivity contribution in [3.05, 3.63) is 47.9 Å². The third kappa shape index (κ3) is 1.27. The second-order valence-corrected chi connectivity index (χ2v) is 4.09. The Hall–Kier alpha value is -1.96. The predicted octanol–water partition coefficient (Wildman–Crippen LogP) is 3.40. The summed E-state index contributed by atoms with van der Waals surface area (Å²) < 4.78 is 0. The average Bonchev–Trinajstić information content (AvgIpc) is 2.28. The molecule has 2 aromatic heterocycles. The van der Waals surface area contributed by atoms with E-state index in [-0.39, 0.29) is 0 Å². The van der Waals surface area contributed by atoms with E-state index in [1.165, 1.54) is 16.2 Å². The fourth-order valence-electron chi connectivity index (χ4n) is 2.22. The van der Waals surface area contributed by atoms with Crippen LogP contribution >= 0.6 is 0 Å². The number of rotatable bonds is 0. The Balaban J connectivity index is 2.60. The Kier molecular flexibility index (Phi) is 1.90. The van der Waals surface area contributed by atoms with Crippen LogP contribution in [0.1, 0.15) is 11.4 Å². The molecular formula is C14H12N2. The van der Waals surface area contributed by atoms with Gasteiger partial charge in [-0.1, -0.05) is 24.3 Å². The van der Waals surface area contributed by atoms with Crippen molar-refractivity contribution in [2.24, 2.45) is 0 Å². The van der Waals surface area contributed by atoms with E-state index in [0.29, 0.717) is 0 Å². The van der Waals surface area contributed by atoms with Crippen molar-refractivity contribution in [1.82, 2.24) is 9.97 Å². The molecule has 2 nitrogen and oxygen atoms in total. The van der Waals surface area contributed by atoms with Gasteiger partial charge in [0.15, 0.2) is 0 Å². The van der Waals surface area contributed by atoms with Gasteiger partial charge in [0.25, 0.3) is 0 Å². The van der Waals surface area contributed by atoms with Crippen LogP contribution in [0, 0.1) is 13.8 Å². The number of pyridine rings is 2. The van der Waals surface area contributed by atoms with Gasteiger partial charge in [0.1, 0.15) is 0 Å². The molecule has 0 aliphatic carbocycles. The largest absolute Gasteiger partial charge is 0.258 e. The number of benzene rings is 1. The Morgan fingerprint density at radius 3 is 2.75 bits per heavy atom. The van der Waals surface area contributed by atoms with E-state index in [0.717, 1.165) is 16.9 Å². The molecule has 0 spiro atoms. The highest BCUT2D eigenvalue weighted by molar-refractivity contribution is 6.06. The van der Waals surface area contributed by atoms with Gasteiger partial charge in [-0.05, 0) is 25.3 Å². The van der Waals surface area contributed by atoms with Gasteiger partial charge in [0.2, 0.25) is 0 Å². The first-order valence-corrected chi connectivity index (χ1v) is 5.37. The molecule has 0 saturated heterocycles. The number of aryl methyl sites for hydroxylation is 2. The Bertz CT molecular complexity index is 687. The summed E-state index contributed by atoms with van der Waals surface area (Å²) in [6.45, 7) is 4.05. The minimum atomic E-state index is 1.02. The van der Waals surface area contributed by atoms with Crippen LogP contribution in [0.25, 0.3) is 21.7 Å². The van der Waals surface area contributed by atoms with Crippen LogP contribution in [0.15, 0.2) is 36.5 Å². The first-order valence-electron chi connectivity index (χ1n) is 5.37. The maximum absolute atomic E-state index is 4.51. The summed E-state index contributed by atoms with van der Waals surface area (Å²) in [5, 5.41) is 3.57. The minimum Gasteiger partial charge on any atom is -0.258 e. The average molecular weight is 208 g/mol. The van der Waals surface area contributed by atoms with Crippen LogP contribution in [-0.4, -0.2) is 9.97 Å². The lowest BCUT2D eigenvalue weighted by molar-refractivity contribution is 1.14. The summed E-state index contributed by atoms with van der Waals surface area (Å²) in [6.07, 6.45) is 1.93. The van der Waals surface area contributed by atoms with Crippen molar-refractivity contribution >= 4 is 21.7 Å². The number of aromatic nitrogens is 2. The molecule has 2 heteroatoms. The standard InChI is InChI=1S/C14H12N2/c1-9-7-13-14(10(2)16-9)12-6-4-3-5-11(12)8-15-13/h3-8H,1-2H3. The molecule has 78 valence electrons. The first kappa shape index (κ1) is 9.28. The van der Waals surface area contributed by atoms with Gasteiger partial charge in [-0.25, -0.2) is 0 Å². The highest BCUT2D eigenvalue weighted by Gasteiger charge is 2.05. The predicted molar refractivity (Wildman–Crippen MR) is 66.5 cm³/mol. The van der Waals surface area contributed by atoms with Crippen LogP contribution in [0.2, 0.25) is 0 Å². The van der Waals surface area contributed by atoms with Gasteiger partial charge in [0, 0.05) is 28.4 Å². The van der Waals surface area contributed by atoms with Gasteiger partial charge in [0.05, 0.1) is 5.52 Å². The lowest BCUT2D eigenvalue weighted by Gasteiger charge is -2.06. The molecule has 0 saturated carbocycles. The Labute approximate surface area is 94.0 Å². The highest BCUT2D eigenvalue weighted by atomic mass is 14.7. The summed E-state index contributed by atoms with van der Waals surface area (Å²) in [6, 6.07) is 10.3. The summed E-state index contributed by atoms with van der Waals surface area (Å²) in [5.41, 5.74) is 3.11. The molecule has 0 atom stereocenters. The molecular weight excluding hydrogens is 196 g/mol. The number of hydrogen-bond donors (Lipinski definition) is 0. The van der Waals surface area contributed by atoms with Crippen molar-refractivity contribution in [3.63, 3.8) is 0 Å². The lowest BCUT2D eigenvalue weighted by atomic mass is 10.1. The van der Waals surface area contributed by atoms with Crippen LogP contribution in [-0.2, 0) is 0 Å². The molecule has 0 N–H and O–H groups in total. The normalized spacial score (nSPS) is 11.1. The molecule has 0 bridgehead atoms. The van der Waals surface area contributed by atoms with E-state index < -0.39 is 0 Å². The number of nitrogens with zero attached hydrogens (tertiary/aromatic N) is 2. The van der Waals surface area contributed by atoms with Crippen molar-refractivity contribution in [1.29, 1.82) is 0 Å². The molecule has 0 aliphatic rings. The van der Waals surface area contributed by atoms with Crippen molar-refractivity contribution in [3.8, 4) is 0 Å². The zero-order chi connectivity index (χ0) is 11.1. The monoisotopic (exact) mass is 208 g/mol. The van der Waals surface area contributed by atoms with Crippen LogP contribution in [0.5, 0.6) is 0 Å². The second-order valence-electron chi connectivity index (χ2n) is 4.09. The molecule has 3 rings (SSSR count). The van der Waals surface area contributed by atoms with Gasteiger partial charge >= 0.3 is 0 Å². The maximum atomic E-state index is 4.51. The van der Waals surface area contributed by atoms with Crippen LogP contribution in [0.4, 0.5) is 0 Å². The van der Waals surface area contributed by atoms with Gasteiger partial charge in [-0.3, -0.25) is 9.97 Å². The van der Waals surface area contributed by atoms with E-state index in [4.69, 9.17) is 0 Å². The zero-order valence-corrected chi connectivity index (χ0v) is 9.36. The summed E-state index contributed by atoms with van der Waals surface area (Å²) in [4.78, 5) is 9.00. The molecule has 2 heterocycles. The van der Waals surface area contributed by atoms with E-state index in [1.807, 2.05) is 32.2 Å². The van der Waals surface area contributed by atoms with Crippen molar-refractivity contribution in [2.45, 2.75) is 13.8 Å². The molecule has 0 radical (unpaired) electrons. The highest BCUT2D eigenvalue weighted by Crippen LogP contribution is 2.25. The summed E-state index contributed by atoms with van der Waals surface area (Å²) >= 11 is 0. The smallest absolute Gasteiger partial charge is 0.0744 e. The third-order valence-electron chi connectivity index (χ3n) is 2.88. The molecule has 0 unspecified atom stereocenters. The molecule has 1 aromatic carbocycles. The minimum absolute atomic E-state index is 1.02. The molecule has 3 aromatic rings. The third-order valence-corrected chi connectivity index (χ3v) is 2.88. The molecule has 0 aliphatic heterocycles. The second kappa shape index (κ2) is 3.27. The van der Waals surface area contributed by atoms with Crippen LogP contribution < -0.4 is 0 Å². The van der Waals surface area contributed by atoms with Crippen molar-refractivity contribution in [2.75, 3.05) is 0 Å². The quantitative estimate of drug-likeness (QED) is 0.529. The van der Waals surface area contributed by atoms with Crippen molar-refractivity contribution < 1.29 is 0 Å².